The van der Waals surface area contributed by atoms with Gasteiger partial charge >= 0.3 is 12.1 Å². The van der Waals surface area contributed by atoms with Crippen molar-refractivity contribution >= 4 is 23.0 Å². The third-order valence-electron chi connectivity index (χ3n) is 3.63. The van der Waals surface area contributed by atoms with Gasteiger partial charge in [0.05, 0.1) is 14.2 Å². The van der Waals surface area contributed by atoms with Gasteiger partial charge in [-0.2, -0.15) is 0 Å². The minimum absolute atomic E-state index is 0.0842. The van der Waals surface area contributed by atoms with E-state index >= 15 is 0 Å². The third kappa shape index (κ3) is 2.99. The van der Waals surface area contributed by atoms with Crippen molar-refractivity contribution in [2.45, 2.75) is 0 Å². The molecule has 1 aromatic heterocycles. The molecule has 128 valence electrons. The highest BCUT2D eigenvalue weighted by Crippen LogP contribution is 2.40. The number of hydrogen-bond acceptors (Lipinski definition) is 6. The van der Waals surface area contributed by atoms with E-state index in [4.69, 9.17) is 19.6 Å². The van der Waals surface area contributed by atoms with Gasteiger partial charge in [-0.1, -0.05) is 30.3 Å². The lowest BCUT2D eigenvalue weighted by molar-refractivity contribution is 0.0640. The maximum absolute atomic E-state index is 12.4. The lowest BCUT2D eigenvalue weighted by atomic mass is 10.1. The Bertz CT molecular complexity index is 945. The monoisotopic (exact) mass is 341 g/mol. The molecule has 2 N–H and O–H groups in total. The molecule has 0 radical (unpaired) electrons. The highest BCUT2D eigenvalue weighted by molar-refractivity contribution is 6.11. The van der Waals surface area contributed by atoms with E-state index in [1.807, 2.05) is 6.07 Å². The lowest BCUT2D eigenvalue weighted by Crippen LogP contribution is -2.18. The van der Waals surface area contributed by atoms with Crippen molar-refractivity contribution in [3.8, 4) is 22.8 Å². The number of methoxy groups -OCH3 is 2. The van der Waals surface area contributed by atoms with Gasteiger partial charge in [0.15, 0.2) is 11.5 Å². The van der Waals surface area contributed by atoms with Gasteiger partial charge in [0.25, 0.3) is 0 Å². The van der Waals surface area contributed by atoms with E-state index in [0.717, 1.165) is 0 Å². The molecule has 7 nitrogen and oxygen atoms in total. The van der Waals surface area contributed by atoms with Crippen LogP contribution < -0.4 is 15.2 Å². The maximum Gasteiger partial charge on any atom is 0.412 e. The number of carbonyl (C=O) groups is 2. The van der Waals surface area contributed by atoms with Crippen LogP contribution in [0.5, 0.6) is 11.5 Å². The molecule has 0 aliphatic heterocycles. The van der Waals surface area contributed by atoms with Crippen molar-refractivity contribution in [1.82, 2.24) is 0 Å². The van der Waals surface area contributed by atoms with Crippen LogP contribution >= 0.6 is 0 Å². The standard InChI is InChI=1S/C18H15NO6/c1-22-13-8-11-12(9-14(13)23-2)24-16(10-6-4-3-5-7-10)15(11)17(20)25-18(19)21/h3-9H,1-2H3,(H2,19,21). The van der Waals surface area contributed by atoms with E-state index in [0.29, 0.717) is 28.0 Å². The lowest BCUT2D eigenvalue weighted by Gasteiger charge is -2.07. The zero-order valence-electron chi connectivity index (χ0n) is 13.6. The molecule has 7 heteroatoms. The molecule has 25 heavy (non-hydrogen) atoms. The molecular formula is C18H15NO6. The Morgan fingerprint density at radius 2 is 1.64 bits per heavy atom. The summed E-state index contributed by atoms with van der Waals surface area (Å²) in [5, 5.41) is 0.419. The molecule has 0 saturated heterocycles. The van der Waals surface area contributed by atoms with Gasteiger partial charge < -0.3 is 24.4 Å². The molecule has 0 aliphatic carbocycles. The molecule has 1 amide bonds. The highest BCUT2D eigenvalue weighted by atomic mass is 16.6. The van der Waals surface area contributed by atoms with Crippen LogP contribution in [0.15, 0.2) is 46.9 Å². The molecular weight excluding hydrogens is 326 g/mol. The first kappa shape index (κ1) is 16.4. The van der Waals surface area contributed by atoms with Crippen LogP contribution in [-0.4, -0.2) is 26.3 Å². The molecule has 0 saturated carbocycles. The molecule has 0 spiro atoms. The quantitative estimate of drug-likeness (QED) is 0.577. The minimum Gasteiger partial charge on any atom is -0.493 e. The second kappa shape index (κ2) is 6.56. The number of benzene rings is 2. The molecule has 0 unspecified atom stereocenters. The van der Waals surface area contributed by atoms with Crippen molar-refractivity contribution < 1.29 is 28.2 Å². The summed E-state index contributed by atoms with van der Waals surface area (Å²) in [6, 6.07) is 12.2. The average molecular weight is 341 g/mol. The summed E-state index contributed by atoms with van der Waals surface area (Å²) in [7, 11) is 2.97. The number of carbonyl (C=O) groups excluding carboxylic acids is 2. The predicted molar refractivity (Wildman–Crippen MR) is 89.8 cm³/mol. The Hall–Kier alpha value is -3.48. The molecule has 0 atom stereocenters. The number of nitrogens with two attached hydrogens (primary N) is 1. The van der Waals surface area contributed by atoms with Crippen molar-refractivity contribution in [2.75, 3.05) is 14.2 Å². The zero-order valence-corrected chi connectivity index (χ0v) is 13.6. The van der Waals surface area contributed by atoms with Crippen molar-refractivity contribution in [3.05, 3.63) is 48.0 Å². The minimum atomic E-state index is -1.20. The Kier molecular flexibility index (Phi) is 4.30. The fraction of sp³-hybridized carbons (Fsp3) is 0.111. The average Bonchev–Trinajstić information content (AvgIpc) is 2.99. The van der Waals surface area contributed by atoms with Crippen LogP contribution in [-0.2, 0) is 4.74 Å². The van der Waals surface area contributed by atoms with Crippen LogP contribution in [0.3, 0.4) is 0 Å². The number of furan rings is 1. The fourth-order valence-corrected chi connectivity index (χ4v) is 2.56. The number of esters is 1. The van der Waals surface area contributed by atoms with Gasteiger partial charge in [0.1, 0.15) is 16.9 Å². The summed E-state index contributed by atoms with van der Waals surface area (Å²) in [5.74, 6) is 0.205. The SMILES string of the molecule is COc1cc2oc(-c3ccccc3)c(C(=O)OC(N)=O)c2cc1OC. The summed E-state index contributed by atoms with van der Waals surface area (Å²) in [6.07, 6.45) is -1.20. The molecule has 3 rings (SSSR count). The number of rotatable bonds is 4. The summed E-state index contributed by atoms with van der Waals surface area (Å²) in [6.45, 7) is 0. The van der Waals surface area contributed by atoms with Gasteiger partial charge in [-0.15, -0.1) is 0 Å². The van der Waals surface area contributed by atoms with Crippen LogP contribution in [0.1, 0.15) is 10.4 Å². The first-order valence-corrected chi connectivity index (χ1v) is 7.30. The number of ether oxygens (including phenoxy) is 3. The van der Waals surface area contributed by atoms with Gasteiger partial charge in [0.2, 0.25) is 0 Å². The van der Waals surface area contributed by atoms with Crippen molar-refractivity contribution in [2.24, 2.45) is 5.73 Å². The van der Waals surface area contributed by atoms with Gasteiger partial charge in [-0.25, -0.2) is 9.59 Å². The molecule has 0 fully saturated rings. The largest absolute Gasteiger partial charge is 0.493 e. The Morgan fingerprint density at radius 3 is 2.24 bits per heavy atom. The van der Waals surface area contributed by atoms with E-state index in [-0.39, 0.29) is 11.3 Å². The van der Waals surface area contributed by atoms with Gasteiger partial charge in [-0.3, -0.25) is 0 Å². The Morgan fingerprint density at radius 1 is 1.00 bits per heavy atom. The van der Waals surface area contributed by atoms with Crippen molar-refractivity contribution in [1.29, 1.82) is 0 Å². The van der Waals surface area contributed by atoms with E-state index < -0.39 is 12.1 Å². The molecule has 2 aromatic carbocycles. The fourth-order valence-electron chi connectivity index (χ4n) is 2.56. The predicted octanol–water partition coefficient (Wildman–Crippen LogP) is 3.35. The van der Waals surface area contributed by atoms with Gasteiger partial charge in [0, 0.05) is 17.0 Å². The van der Waals surface area contributed by atoms with E-state index in [2.05, 4.69) is 4.74 Å². The second-order valence-electron chi connectivity index (χ2n) is 5.08. The summed E-state index contributed by atoms with van der Waals surface area (Å²) in [4.78, 5) is 23.4. The highest BCUT2D eigenvalue weighted by Gasteiger charge is 2.26. The normalized spacial score (nSPS) is 10.5. The second-order valence-corrected chi connectivity index (χ2v) is 5.08. The number of amides is 1. The summed E-state index contributed by atoms with van der Waals surface area (Å²) >= 11 is 0. The Labute approximate surface area is 142 Å². The smallest absolute Gasteiger partial charge is 0.412 e. The van der Waals surface area contributed by atoms with Crippen LogP contribution in [0.4, 0.5) is 4.79 Å². The van der Waals surface area contributed by atoms with Crippen molar-refractivity contribution in [3.63, 3.8) is 0 Å². The van der Waals surface area contributed by atoms with E-state index in [1.165, 1.54) is 14.2 Å². The number of primary amides is 1. The third-order valence-corrected chi connectivity index (χ3v) is 3.63. The molecule has 0 bridgehead atoms. The number of fused-ring (bicyclic) bond motifs is 1. The topological polar surface area (TPSA) is 101 Å². The van der Waals surface area contributed by atoms with E-state index in [9.17, 15) is 9.59 Å². The summed E-state index contributed by atoms with van der Waals surface area (Å²) < 4.78 is 20.9. The summed E-state index contributed by atoms with van der Waals surface area (Å²) in [5.41, 5.74) is 6.09. The number of hydrogen-bond donors (Lipinski definition) is 1. The van der Waals surface area contributed by atoms with E-state index in [1.54, 1.807) is 36.4 Å². The van der Waals surface area contributed by atoms with Crippen LogP contribution in [0.2, 0.25) is 0 Å². The van der Waals surface area contributed by atoms with Crippen LogP contribution in [0.25, 0.3) is 22.3 Å². The molecule has 3 aromatic rings. The Balaban J connectivity index is 2.30. The van der Waals surface area contributed by atoms with Crippen LogP contribution in [0, 0.1) is 0 Å². The zero-order chi connectivity index (χ0) is 18.0. The first-order valence-electron chi connectivity index (χ1n) is 7.30. The molecule has 0 aliphatic rings. The maximum atomic E-state index is 12.4. The van der Waals surface area contributed by atoms with Gasteiger partial charge in [-0.05, 0) is 6.07 Å². The molecule has 1 heterocycles. The first-order chi connectivity index (χ1) is 12.0.